The highest BCUT2D eigenvalue weighted by atomic mass is 35.5. The lowest BCUT2D eigenvalue weighted by Gasteiger charge is -2.29. The van der Waals surface area contributed by atoms with E-state index < -0.39 is 0 Å². The summed E-state index contributed by atoms with van der Waals surface area (Å²) in [7, 11) is 2.17. The summed E-state index contributed by atoms with van der Waals surface area (Å²) in [5, 5.41) is 3.36. The van der Waals surface area contributed by atoms with Gasteiger partial charge in [-0.2, -0.15) is 0 Å². The zero-order chi connectivity index (χ0) is 14.2. The number of halogens is 1. The van der Waals surface area contributed by atoms with Gasteiger partial charge in [-0.05, 0) is 31.3 Å². The second-order valence-electron chi connectivity index (χ2n) is 5.36. The summed E-state index contributed by atoms with van der Waals surface area (Å²) in [6.07, 6.45) is 0. The van der Waals surface area contributed by atoms with Crippen molar-refractivity contribution in [2.75, 3.05) is 57.9 Å². The smallest absolute Gasteiger partial charge is 0.0642 e. The van der Waals surface area contributed by atoms with Crippen molar-refractivity contribution in [2.45, 2.75) is 13.5 Å². The van der Waals surface area contributed by atoms with Crippen LogP contribution in [0, 0.1) is 0 Å². The number of rotatable bonds is 7. The fourth-order valence-electron chi connectivity index (χ4n) is 2.47. The molecule has 0 spiro atoms. The molecule has 0 radical (unpaired) electrons. The summed E-state index contributed by atoms with van der Waals surface area (Å²) >= 11 is 0. The van der Waals surface area contributed by atoms with E-state index >= 15 is 0 Å². The van der Waals surface area contributed by atoms with Crippen LogP contribution in [0.25, 0.3) is 0 Å². The Balaban J connectivity index is 0.00000220. The summed E-state index contributed by atoms with van der Waals surface area (Å²) in [5.41, 5.74) is 2.69. The van der Waals surface area contributed by atoms with Gasteiger partial charge in [0.05, 0.1) is 13.2 Å². The maximum absolute atomic E-state index is 5.39. The van der Waals surface area contributed by atoms with Gasteiger partial charge in [0, 0.05) is 38.4 Å². The number of hydrogen-bond acceptors (Lipinski definition) is 4. The van der Waals surface area contributed by atoms with Crippen molar-refractivity contribution in [3.8, 4) is 0 Å². The third-order valence-electron chi connectivity index (χ3n) is 3.69. The zero-order valence-electron chi connectivity index (χ0n) is 13.2. The normalized spacial score (nSPS) is 15.1. The van der Waals surface area contributed by atoms with Gasteiger partial charge in [-0.3, -0.25) is 0 Å². The molecular weight excluding hydrogens is 286 g/mol. The topological polar surface area (TPSA) is 27.7 Å². The standard InChI is InChI=1S/C16H27N3O.ClH/c1-3-17-8-9-18(2)14-15-4-6-16(7-5-15)19-10-12-20-13-11-19;/h4-7,17H,3,8-14H2,1-2H3;1H. The number of hydrogen-bond donors (Lipinski definition) is 1. The van der Waals surface area contributed by atoms with Gasteiger partial charge in [0.2, 0.25) is 0 Å². The third-order valence-corrected chi connectivity index (χ3v) is 3.69. The summed E-state index contributed by atoms with van der Waals surface area (Å²) in [5.74, 6) is 0. The van der Waals surface area contributed by atoms with Crippen LogP contribution in [0.2, 0.25) is 0 Å². The maximum Gasteiger partial charge on any atom is 0.0642 e. The molecule has 1 fully saturated rings. The van der Waals surface area contributed by atoms with E-state index in [9.17, 15) is 0 Å². The van der Waals surface area contributed by atoms with Gasteiger partial charge in [-0.15, -0.1) is 12.4 Å². The number of nitrogens with zero attached hydrogens (tertiary/aromatic N) is 2. The molecule has 2 rings (SSSR count). The van der Waals surface area contributed by atoms with Crippen molar-refractivity contribution in [1.82, 2.24) is 10.2 Å². The van der Waals surface area contributed by atoms with Crippen molar-refractivity contribution in [1.29, 1.82) is 0 Å². The number of morpholine rings is 1. The lowest BCUT2D eigenvalue weighted by Crippen LogP contribution is -2.36. The molecule has 0 bridgehead atoms. The fraction of sp³-hybridized carbons (Fsp3) is 0.625. The van der Waals surface area contributed by atoms with Crippen LogP contribution < -0.4 is 10.2 Å². The van der Waals surface area contributed by atoms with E-state index in [0.717, 1.165) is 52.5 Å². The molecule has 21 heavy (non-hydrogen) atoms. The van der Waals surface area contributed by atoms with Gasteiger partial charge < -0.3 is 19.9 Å². The number of likely N-dealkylation sites (N-methyl/N-ethyl adjacent to an activating group) is 2. The Kier molecular flexibility index (Phi) is 8.69. The molecule has 4 nitrogen and oxygen atoms in total. The highest BCUT2D eigenvalue weighted by Gasteiger charge is 2.10. The molecule has 1 N–H and O–H groups in total. The molecule has 1 saturated heterocycles. The largest absolute Gasteiger partial charge is 0.378 e. The summed E-state index contributed by atoms with van der Waals surface area (Å²) in [6.45, 7) is 10.0. The number of anilines is 1. The van der Waals surface area contributed by atoms with Crippen molar-refractivity contribution < 1.29 is 4.74 Å². The molecule has 0 atom stereocenters. The van der Waals surface area contributed by atoms with Gasteiger partial charge >= 0.3 is 0 Å². The van der Waals surface area contributed by atoms with Crippen molar-refractivity contribution in [3.63, 3.8) is 0 Å². The number of benzene rings is 1. The second kappa shape index (κ2) is 10.0. The average molecular weight is 314 g/mol. The molecule has 0 unspecified atom stereocenters. The predicted molar refractivity (Wildman–Crippen MR) is 91.6 cm³/mol. The number of nitrogens with one attached hydrogen (secondary N) is 1. The van der Waals surface area contributed by atoms with Gasteiger partial charge in [0.1, 0.15) is 0 Å². The van der Waals surface area contributed by atoms with E-state index in [1.807, 2.05) is 0 Å². The number of ether oxygens (including phenoxy) is 1. The van der Waals surface area contributed by atoms with E-state index in [0.29, 0.717) is 0 Å². The SMILES string of the molecule is CCNCCN(C)Cc1ccc(N2CCOCC2)cc1.Cl. The predicted octanol–water partition coefficient (Wildman–Crippen LogP) is 1.99. The molecule has 120 valence electrons. The molecule has 1 aliphatic heterocycles. The Bertz CT molecular complexity index is 380. The van der Waals surface area contributed by atoms with Crippen LogP contribution in [0.1, 0.15) is 12.5 Å². The van der Waals surface area contributed by atoms with E-state index in [4.69, 9.17) is 4.74 Å². The minimum Gasteiger partial charge on any atom is -0.378 e. The Labute approximate surface area is 134 Å². The third kappa shape index (κ3) is 6.22. The van der Waals surface area contributed by atoms with Crippen LogP contribution in [0.4, 0.5) is 5.69 Å². The van der Waals surface area contributed by atoms with E-state index in [2.05, 4.69) is 53.4 Å². The monoisotopic (exact) mass is 313 g/mol. The summed E-state index contributed by atoms with van der Waals surface area (Å²) in [6, 6.07) is 8.96. The minimum atomic E-state index is 0. The molecule has 0 aromatic heterocycles. The van der Waals surface area contributed by atoms with E-state index in [-0.39, 0.29) is 12.4 Å². The van der Waals surface area contributed by atoms with Crippen molar-refractivity contribution >= 4 is 18.1 Å². The Morgan fingerprint density at radius 2 is 1.86 bits per heavy atom. The average Bonchev–Trinajstić information content (AvgIpc) is 2.49. The Morgan fingerprint density at radius 1 is 1.19 bits per heavy atom. The first-order chi connectivity index (χ1) is 9.79. The maximum atomic E-state index is 5.39. The molecule has 1 aromatic rings. The molecule has 1 heterocycles. The highest BCUT2D eigenvalue weighted by Crippen LogP contribution is 2.17. The quantitative estimate of drug-likeness (QED) is 0.779. The van der Waals surface area contributed by atoms with Crippen LogP contribution in [-0.4, -0.2) is 57.9 Å². The van der Waals surface area contributed by atoms with E-state index in [1.54, 1.807) is 0 Å². The first-order valence-electron chi connectivity index (χ1n) is 7.60. The Hall–Kier alpha value is -0.810. The molecule has 1 aromatic carbocycles. The summed E-state index contributed by atoms with van der Waals surface area (Å²) in [4.78, 5) is 4.74. The minimum absolute atomic E-state index is 0. The lowest BCUT2D eigenvalue weighted by atomic mass is 10.2. The Morgan fingerprint density at radius 3 is 2.48 bits per heavy atom. The van der Waals surface area contributed by atoms with Gasteiger partial charge in [-0.1, -0.05) is 19.1 Å². The molecule has 0 saturated carbocycles. The van der Waals surface area contributed by atoms with Gasteiger partial charge in [0.15, 0.2) is 0 Å². The molecule has 5 heteroatoms. The first kappa shape index (κ1) is 18.2. The lowest BCUT2D eigenvalue weighted by molar-refractivity contribution is 0.122. The van der Waals surface area contributed by atoms with Crippen LogP contribution >= 0.6 is 12.4 Å². The molecule has 1 aliphatic rings. The van der Waals surface area contributed by atoms with Crippen LogP contribution in [0.15, 0.2) is 24.3 Å². The molecule has 0 aliphatic carbocycles. The zero-order valence-corrected chi connectivity index (χ0v) is 14.0. The van der Waals surface area contributed by atoms with Gasteiger partial charge in [-0.25, -0.2) is 0 Å². The van der Waals surface area contributed by atoms with Crippen molar-refractivity contribution in [3.05, 3.63) is 29.8 Å². The molecule has 0 amide bonds. The van der Waals surface area contributed by atoms with E-state index in [1.165, 1.54) is 11.3 Å². The second-order valence-corrected chi connectivity index (χ2v) is 5.36. The fourth-order valence-corrected chi connectivity index (χ4v) is 2.47. The van der Waals surface area contributed by atoms with Crippen LogP contribution in [0.5, 0.6) is 0 Å². The van der Waals surface area contributed by atoms with Gasteiger partial charge in [0.25, 0.3) is 0 Å². The van der Waals surface area contributed by atoms with Crippen molar-refractivity contribution in [2.24, 2.45) is 0 Å². The first-order valence-corrected chi connectivity index (χ1v) is 7.60. The molecular formula is C16H28ClN3O. The van der Waals surface area contributed by atoms with Crippen LogP contribution in [-0.2, 0) is 11.3 Å². The highest BCUT2D eigenvalue weighted by molar-refractivity contribution is 5.85. The van der Waals surface area contributed by atoms with Crippen LogP contribution in [0.3, 0.4) is 0 Å². The summed E-state index contributed by atoms with van der Waals surface area (Å²) < 4.78 is 5.39.